The number of hydrogen-bond acceptors (Lipinski definition) is 2. The van der Waals surface area contributed by atoms with Crippen LogP contribution in [0.5, 0.6) is 0 Å². The summed E-state index contributed by atoms with van der Waals surface area (Å²) in [5.74, 6) is 0. The van der Waals surface area contributed by atoms with E-state index in [1.807, 2.05) is 0 Å². The molecule has 0 heterocycles. The summed E-state index contributed by atoms with van der Waals surface area (Å²) < 4.78 is 4.47. The molecule has 47 valence electrons. The van der Waals surface area contributed by atoms with Crippen molar-refractivity contribution in [2.45, 2.75) is 6.29 Å². The molecule has 1 atom stereocenters. The van der Waals surface area contributed by atoms with Crippen molar-refractivity contribution < 1.29 is 14.9 Å². The van der Waals surface area contributed by atoms with Crippen molar-refractivity contribution in [1.82, 2.24) is 0 Å². The fraction of sp³-hybridized carbons (Fsp3) is 0.600. The molecule has 0 aromatic rings. The third kappa shape index (κ3) is 3.80. The van der Waals surface area contributed by atoms with Gasteiger partial charge in [0.1, 0.15) is 6.61 Å². The van der Waals surface area contributed by atoms with Gasteiger partial charge in [-0.3, -0.25) is 0 Å². The lowest BCUT2D eigenvalue weighted by Gasteiger charge is -2.03. The van der Waals surface area contributed by atoms with Gasteiger partial charge in [-0.25, -0.2) is 5.11 Å². The van der Waals surface area contributed by atoms with Gasteiger partial charge < -0.3 is 9.84 Å². The summed E-state index contributed by atoms with van der Waals surface area (Å²) in [6.45, 7) is 2.94. The Kier molecular flexibility index (Phi) is 4.54. The maximum Gasteiger partial charge on any atom is 0.181 e. The maximum absolute atomic E-state index is 9.73. The van der Waals surface area contributed by atoms with Gasteiger partial charge in [-0.05, 0) is 0 Å². The highest BCUT2D eigenvalue weighted by Gasteiger charge is 1.97. The van der Waals surface area contributed by atoms with Gasteiger partial charge in [0.25, 0.3) is 0 Å². The molecule has 8 heavy (non-hydrogen) atoms. The summed E-state index contributed by atoms with van der Waals surface area (Å²) in [5, 5.41) is 18.1. The second kappa shape index (κ2) is 4.77. The summed E-state index contributed by atoms with van der Waals surface area (Å²) in [6.07, 6.45) is 0.298. The minimum Gasteiger partial charge on any atom is -0.366 e. The summed E-state index contributed by atoms with van der Waals surface area (Å²) in [4.78, 5) is 0. The molecular formula is C5H9O3. The second-order valence-electron chi connectivity index (χ2n) is 1.24. The molecule has 0 saturated heterocycles. The zero-order valence-corrected chi connectivity index (χ0v) is 4.54. The largest absolute Gasteiger partial charge is 0.366 e. The number of rotatable bonds is 4. The van der Waals surface area contributed by atoms with Crippen molar-refractivity contribution in [2.24, 2.45) is 0 Å². The molecule has 1 N–H and O–H groups in total. The molecule has 0 saturated carbocycles. The topological polar surface area (TPSA) is 49.4 Å². The van der Waals surface area contributed by atoms with E-state index in [1.54, 1.807) is 0 Å². The van der Waals surface area contributed by atoms with E-state index >= 15 is 0 Å². The lowest BCUT2D eigenvalue weighted by Crippen LogP contribution is -2.15. The monoisotopic (exact) mass is 117 g/mol. The van der Waals surface area contributed by atoms with Gasteiger partial charge in [0.05, 0.1) is 6.61 Å². The zero-order chi connectivity index (χ0) is 6.41. The number of ether oxygens (including phenoxy) is 1. The SMILES string of the molecule is C=CCOC(O)C[O]. The Hall–Kier alpha value is -0.380. The van der Waals surface area contributed by atoms with Crippen molar-refractivity contribution >= 4 is 0 Å². The Labute approximate surface area is 48.2 Å². The van der Waals surface area contributed by atoms with Crippen molar-refractivity contribution in [1.29, 1.82) is 0 Å². The predicted molar refractivity (Wildman–Crippen MR) is 27.7 cm³/mol. The van der Waals surface area contributed by atoms with E-state index < -0.39 is 12.9 Å². The minimum absolute atomic E-state index is 0.226. The van der Waals surface area contributed by atoms with Gasteiger partial charge in [-0.15, -0.1) is 6.58 Å². The lowest BCUT2D eigenvalue weighted by molar-refractivity contribution is -0.128. The van der Waals surface area contributed by atoms with Crippen LogP contribution in [0.4, 0.5) is 0 Å². The predicted octanol–water partition coefficient (Wildman–Crippen LogP) is -0.0621. The van der Waals surface area contributed by atoms with Crippen molar-refractivity contribution in [3.8, 4) is 0 Å². The Balaban J connectivity index is 2.97. The first-order chi connectivity index (χ1) is 3.81. The molecule has 1 unspecified atom stereocenters. The Morgan fingerprint density at radius 1 is 1.88 bits per heavy atom. The van der Waals surface area contributed by atoms with E-state index in [4.69, 9.17) is 5.11 Å². The van der Waals surface area contributed by atoms with Crippen molar-refractivity contribution in [2.75, 3.05) is 13.2 Å². The van der Waals surface area contributed by atoms with E-state index in [-0.39, 0.29) is 6.61 Å². The van der Waals surface area contributed by atoms with Crippen LogP contribution in [0.2, 0.25) is 0 Å². The summed E-state index contributed by atoms with van der Waals surface area (Å²) in [7, 11) is 0. The smallest absolute Gasteiger partial charge is 0.181 e. The average molecular weight is 117 g/mol. The summed E-state index contributed by atoms with van der Waals surface area (Å²) >= 11 is 0. The highest BCUT2D eigenvalue weighted by Crippen LogP contribution is 1.83. The maximum atomic E-state index is 9.73. The number of aliphatic hydroxyl groups is 1. The average Bonchev–Trinajstić information content (AvgIpc) is 1.83. The van der Waals surface area contributed by atoms with Crippen molar-refractivity contribution in [3.05, 3.63) is 12.7 Å². The Bertz CT molecular complexity index is 62.7. The van der Waals surface area contributed by atoms with Gasteiger partial charge in [-0.2, -0.15) is 0 Å². The first kappa shape index (κ1) is 7.62. The standard InChI is InChI=1S/C5H9O3/c1-2-3-8-5(7)4-6/h2,5,7H,1,3-4H2. The molecule has 0 amide bonds. The third-order valence-electron chi connectivity index (χ3n) is 0.549. The van der Waals surface area contributed by atoms with E-state index in [0.717, 1.165) is 0 Å². The second-order valence-corrected chi connectivity index (χ2v) is 1.24. The minimum atomic E-state index is -1.17. The molecule has 1 radical (unpaired) electrons. The molecule has 0 aliphatic heterocycles. The molecule has 0 aromatic heterocycles. The molecule has 0 spiro atoms. The fourth-order valence-corrected chi connectivity index (χ4v) is 0.227. The van der Waals surface area contributed by atoms with Crippen molar-refractivity contribution in [3.63, 3.8) is 0 Å². The van der Waals surface area contributed by atoms with Crippen LogP contribution in [0.3, 0.4) is 0 Å². The van der Waals surface area contributed by atoms with Gasteiger partial charge in [-0.1, -0.05) is 6.08 Å². The van der Waals surface area contributed by atoms with Crippen LogP contribution in [0.15, 0.2) is 12.7 Å². The van der Waals surface area contributed by atoms with Gasteiger partial charge in [0, 0.05) is 0 Å². The lowest BCUT2D eigenvalue weighted by atomic mass is 10.6. The highest BCUT2D eigenvalue weighted by molar-refractivity contribution is 4.63. The van der Waals surface area contributed by atoms with Crippen LogP contribution < -0.4 is 0 Å². The van der Waals surface area contributed by atoms with Crippen LogP contribution in [0.1, 0.15) is 0 Å². The molecule has 0 bridgehead atoms. The van der Waals surface area contributed by atoms with Crippen LogP contribution in [0, 0.1) is 0 Å². The Morgan fingerprint density at radius 2 is 2.50 bits per heavy atom. The molecule has 0 fully saturated rings. The van der Waals surface area contributed by atoms with Crippen LogP contribution >= 0.6 is 0 Å². The molecular weight excluding hydrogens is 108 g/mol. The number of aliphatic hydroxyl groups excluding tert-OH is 1. The van der Waals surface area contributed by atoms with E-state index in [9.17, 15) is 5.11 Å². The van der Waals surface area contributed by atoms with Crippen LogP contribution in [-0.4, -0.2) is 24.6 Å². The number of hydrogen-bond donors (Lipinski definition) is 1. The highest BCUT2D eigenvalue weighted by atomic mass is 16.6. The first-order valence-electron chi connectivity index (χ1n) is 2.30. The molecule has 0 aliphatic carbocycles. The van der Waals surface area contributed by atoms with E-state index in [0.29, 0.717) is 0 Å². The van der Waals surface area contributed by atoms with Gasteiger partial charge in [0.15, 0.2) is 6.29 Å². The first-order valence-corrected chi connectivity index (χ1v) is 2.30. The molecule has 0 aromatic carbocycles. The zero-order valence-electron chi connectivity index (χ0n) is 4.54. The molecule has 0 aliphatic rings. The quantitative estimate of drug-likeness (QED) is 0.414. The summed E-state index contributed by atoms with van der Waals surface area (Å²) in [5.41, 5.74) is 0. The molecule has 3 heteroatoms. The fourth-order valence-electron chi connectivity index (χ4n) is 0.227. The normalized spacial score (nSPS) is 13.2. The van der Waals surface area contributed by atoms with Gasteiger partial charge >= 0.3 is 0 Å². The van der Waals surface area contributed by atoms with E-state index in [1.165, 1.54) is 6.08 Å². The van der Waals surface area contributed by atoms with Gasteiger partial charge in [0.2, 0.25) is 0 Å². The Morgan fingerprint density at radius 3 is 2.88 bits per heavy atom. The molecule has 0 rings (SSSR count). The van der Waals surface area contributed by atoms with Crippen LogP contribution in [-0.2, 0) is 9.84 Å². The third-order valence-corrected chi connectivity index (χ3v) is 0.549. The summed E-state index contributed by atoms with van der Waals surface area (Å²) in [6, 6.07) is 0. The molecule has 3 nitrogen and oxygen atoms in total. The van der Waals surface area contributed by atoms with E-state index in [2.05, 4.69) is 11.3 Å². The van der Waals surface area contributed by atoms with Crippen LogP contribution in [0.25, 0.3) is 0 Å².